The zero-order valence-electron chi connectivity index (χ0n) is 23.1. The Bertz CT molecular complexity index is 1990. The molecule has 15 heteroatoms. The van der Waals surface area contributed by atoms with Crippen LogP contribution in [0.15, 0.2) is 69.2 Å². The monoisotopic (exact) mass is 614 g/mol. The van der Waals surface area contributed by atoms with Gasteiger partial charge in [-0.2, -0.15) is 23.5 Å². The molecule has 0 saturated heterocycles. The van der Waals surface area contributed by atoms with Crippen LogP contribution in [0.4, 0.5) is 13.2 Å². The van der Waals surface area contributed by atoms with E-state index in [9.17, 15) is 41.2 Å². The average molecular weight is 615 g/mol. The second kappa shape index (κ2) is 11.7. The topological polar surface area (TPSA) is 149 Å². The predicted molar refractivity (Wildman–Crippen MR) is 149 cm³/mol. The summed E-state index contributed by atoms with van der Waals surface area (Å²) < 4.78 is 72.1. The van der Waals surface area contributed by atoms with E-state index < -0.39 is 43.8 Å². The first-order valence-electron chi connectivity index (χ1n) is 12.9. The van der Waals surface area contributed by atoms with Crippen LogP contribution in [0, 0.1) is 18.3 Å². The van der Waals surface area contributed by atoms with E-state index in [1.807, 2.05) is 17.7 Å². The number of amides is 1. The highest BCUT2D eigenvalue weighted by Gasteiger charge is 2.33. The van der Waals surface area contributed by atoms with E-state index in [4.69, 9.17) is 0 Å². The summed E-state index contributed by atoms with van der Waals surface area (Å²) in [5.41, 5.74) is -3.63. The highest BCUT2D eigenvalue weighted by molar-refractivity contribution is 7.90. The SMILES string of the molecule is CCCCC(=O)NS(=O)(=O)c1cnn(-c2ccc(C#N)cc2)c1-c1c(C)n(-c2cccc(C(F)(F)F)c2)c(=O)n(C)c1=O. The molecular weight excluding hydrogens is 589 g/mol. The Morgan fingerprint density at radius 2 is 1.77 bits per heavy atom. The number of hydrogen-bond donors (Lipinski definition) is 1. The fourth-order valence-electron chi connectivity index (χ4n) is 4.44. The molecule has 4 aromatic rings. The first-order chi connectivity index (χ1) is 20.2. The summed E-state index contributed by atoms with van der Waals surface area (Å²) in [4.78, 5) is 38.7. The van der Waals surface area contributed by atoms with E-state index in [1.165, 1.54) is 37.3 Å². The van der Waals surface area contributed by atoms with Gasteiger partial charge >= 0.3 is 11.9 Å². The second-order valence-corrected chi connectivity index (χ2v) is 11.2. The van der Waals surface area contributed by atoms with Gasteiger partial charge in [-0.25, -0.2) is 22.6 Å². The number of nitrogens with one attached hydrogen (secondary N) is 1. The maximum atomic E-state index is 13.6. The minimum Gasteiger partial charge on any atom is -0.274 e. The van der Waals surface area contributed by atoms with Gasteiger partial charge in [0.2, 0.25) is 5.91 Å². The van der Waals surface area contributed by atoms with Crippen LogP contribution >= 0.6 is 0 Å². The third-order valence-electron chi connectivity index (χ3n) is 6.63. The molecule has 0 saturated carbocycles. The van der Waals surface area contributed by atoms with Crippen molar-refractivity contribution in [2.45, 2.75) is 44.2 Å². The standard InChI is InChI=1S/C28H25F3N6O5S/c1-4-5-9-23(38)34-43(41,42)22-16-33-37(20-12-10-18(15-32)11-13-20)25(22)24-17(2)36(27(40)35(3)26(24)39)21-8-6-7-19(14-21)28(29,30)31/h6-8,10-14,16H,4-5,9H2,1-3H3,(H,34,38). The fraction of sp³-hybridized carbons (Fsp3) is 0.250. The van der Waals surface area contributed by atoms with E-state index in [0.29, 0.717) is 17.4 Å². The van der Waals surface area contributed by atoms with Crippen molar-refractivity contribution in [3.05, 3.63) is 92.4 Å². The maximum Gasteiger partial charge on any atom is 0.416 e. The van der Waals surface area contributed by atoms with Gasteiger partial charge in [0.25, 0.3) is 15.6 Å². The normalized spacial score (nSPS) is 11.7. The van der Waals surface area contributed by atoms with Crippen molar-refractivity contribution < 1.29 is 26.4 Å². The molecule has 0 bridgehead atoms. The summed E-state index contributed by atoms with van der Waals surface area (Å²) in [5.74, 6) is -0.794. The molecule has 224 valence electrons. The number of carbonyl (C=O) groups excluding carboxylic acids is 1. The summed E-state index contributed by atoms with van der Waals surface area (Å²) >= 11 is 0. The molecule has 2 aromatic carbocycles. The predicted octanol–water partition coefficient (Wildman–Crippen LogP) is 3.58. The van der Waals surface area contributed by atoms with Gasteiger partial charge in [-0.3, -0.25) is 18.7 Å². The van der Waals surface area contributed by atoms with Gasteiger partial charge in [-0.15, -0.1) is 0 Å². The van der Waals surface area contributed by atoms with Gasteiger partial charge < -0.3 is 0 Å². The molecule has 0 unspecified atom stereocenters. The minimum atomic E-state index is -4.73. The van der Waals surface area contributed by atoms with E-state index in [2.05, 4.69) is 5.10 Å². The third kappa shape index (κ3) is 6.00. The zero-order chi connectivity index (χ0) is 31.7. The Morgan fingerprint density at radius 3 is 2.37 bits per heavy atom. The van der Waals surface area contributed by atoms with E-state index in [0.717, 1.165) is 40.7 Å². The Labute approximate surface area is 243 Å². The van der Waals surface area contributed by atoms with Crippen LogP contribution in [-0.2, 0) is 28.0 Å². The molecule has 0 radical (unpaired) electrons. The van der Waals surface area contributed by atoms with Crippen molar-refractivity contribution in [2.75, 3.05) is 0 Å². The van der Waals surface area contributed by atoms with Gasteiger partial charge in [0, 0.05) is 19.2 Å². The number of nitrogens with zero attached hydrogens (tertiary/aromatic N) is 5. The van der Waals surface area contributed by atoms with Gasteiger partial charge in [0.15, 0.2) is 0 Å². The zero-order valence-corrected chi connectivity index (χ0v) is 24.0. The quantitative estimate of drug-likeness (QED) is 0.319. The van der Waals surface area contributed by atoms with Crippen molar-refractivity contribution in [1.29, 1.82) is 5.26 Å². The van der Waals surface area contributed by atoms with Crippen LogP contribution in [0.5, 0.6) is 0 Å². The smallest absolute Gasteiger partial charge is 0.274 e. The lowest BCUT2D eigenvalue weighted by molar-refractivity contribution is -0.137. The Hall–Kier alpha value is -4.97. The molecule has 0 atom stereocenters. The van der Waals surface area contributed by atoms with Crippen LogP contribution in [0.1, 0.15) is 43.0 Å². The number of benzene rings is 2. The van der Waals surface area contributed by atoms with E-state index in [1.54, 1.807) is 0 Å². The van der Waals surface area contributed by atoms with Crippen LogP contribution in [0.2, 0.25) is 0 Å². The summed E-state index contributed by atoms with van der Waals surface area (Å²) in [6.45, 7) is 3.10. The largest absolute Gasteiger partial charge is 0.416 e. The van der Waals surface area contributed by atoms with Crippen LogP contribution < -0.4 is 16.0 Å². The van der Waals surface area contributed by atoms with Crippen LogP contribution in [-0.4, -0.2) is 33.2 Å². The average Bonchev–Trinajstić information content (AvgIpc) is 3.40. The van der Waals surface area contributed by atoms with E-state index in [-0.39, 0.29) is 40.3 Å². The highest BCUT2D eigenvalue weighted by Crippen LogP contribution is 2.33. The molecule has 0 spiro atoms. The molecule has 2 aromatic heterocycles. The third-order valence-corrected chi connectivity index (χ3v) is 8.01. The number of carbonyl (C=O) groups is 1. The second-order valence-electron chi connectivity index (χ2n) is 9.55. The Morgan fingerprint density at radius 1 is 1.09 bits per heavy atom. The summed E-state index contributed by atoms with van der Waals surface area (Å²) in [5, 5.41) is 13.3. The van der Waals surface area contributed by atoms with E-state index >= 15 is 0 Å². The van der Waals surface area contributed by atoms with Gasteiger partial charge in [0.05, 0.1) is 40.3 Å². The summed E-state index contributed by atoms with van der Waals surface area (Å²) in [7, 11) is -3.55. The molecule has 0 aliphatic rings. The Kier molecular flexibility index (Phi) is 8.45. The number of halogens is 3. The van der Waals surface area contributed by atoms with Crippen LogP contribution in [0.3, 0.4) is 0 Å². The molecule has 11 nitrogen and oxygen atoms in total. The van der Waals surface area contributed by atoms with Gasteiger partial charge in [-0.1, -0.05) is 19.4 Å². The van der Waals surface area contributed by atoms with Crippen molar-refractivity contribution in [2.24, 2.45) is 7.05 Å². The number of unbranched alkanes of at least 4 members (excludes halogenated alkanes) is 1. The first-order valence-corrected chi connectivity index (χ1v) is 14.3. The molecular formula is C28H25F3N6O5S. The van der Waals surface area contributed by atoms with Crippen LogP contribution in [0.25, 0.3) is 22.6 Å². The lowest BCUT2D eigenvalue weighted by Gasteiger charge is -2.18. The molecule has 2 heterocycles. The van der Waals surface area contributed by atoms with Crippen molar-refractivity contribution in [1.82, 2.24) is 23.6 Å². The van der Waals surface area contributed by atoms with Crippen molar-refractivity contribution in [3.63, 3.8) is 0 Å². The molecule has 0 aliphatic carbocycles. The fourth-order valence-corrected chi connectivity index (χ4v) is 5.58. The number of sulfonamides is 1. The number of rotatable bonds is 8. The van der Waals surface area contributed by atoms with Gasteiger partial charge in [-0.05, 0) is 55.8 Å². The molecule has 1 amide bonds. The number of nitriles is 1. The van der Waals surface area contributed by atoms with Crippen molar-refractivity contribution >= 4 is 15.9 Å². The highest BCUT2D eigenvalue weighted by atomic mass is 32.2. The Balaban J connectivity index is 2.07. The minimum absolute atomic E-state index is 0.0873. The number of alkyl halides is 3. The number of hydrogen-bond acceptors (Lipinski definition) is 7. The maximum absolute atomic E-state index is 13.6. The molecule has 1 N–H and O–H groups in total. The summed E-state index contributed by atoms with van der Waals surface area (Å²) in [6, 6.07) is 11.6. The summed E-state index contributed by atoms with van der Waals surface area (Å²) in [6.07, 6.45) is -2.86. The number of aromatic nitrogens is 4. The molecule has 43 heavy (non-hydrogen) atoms. The van der Waals surface area contributed by atoms with Gasteiger partial charge in [0.1, 0.15) is 10.6 Å². The molecule has 0 fully saturated rings. The first kappa shape index (κ1) is 31.0. The molecule has 0 aliphatic heterocycles. The molecule has 4 rings (SSSR count). The lowest BCUT2D eigenvalue weighted by Crippen LogP contribution is -2.40. The van der Waals surface area contributed by atoms with Crippen molar-refractivity contribution in [3.8, 4) is 28.7 Å². The lowest BCUT2D eigenvalue weighted by atomic mass is 10.1.